The number of benzene rings is 1. The number of hydrogen-bond donors (Lipinski definition) is 3. The van der Waals surface area contributed by atoms with Crippen molar-refractivity contribution in [3.8, 4) is 0 Å². The summed E-state index contributed by atoms with van der Waals surface area (Å²) in [6.07, 6.45) is 4.34. The number of nitrogens with two attached hydrogens (primary N) is 1. The van der Waals surface area contributed by atoms with Crippen LogP contribution in [0.5, 0.6) is 0 Å². The highest BCUT2D eigenvalue weighted by Gasteiger charge is 2.09. The SMILES string of the molecule is CC(NCCc1ncc[nH]1)c1ccc(S(N)(=O)=O)cc1. The molecular weight excluding hydrogens is 276 g/mol. The molecule has 0 amide bonds. The van der Waals surface area contributed by atoms with Gasteiger partial charge in [-0.1, -0.05) is 12.1 Å². The molecule has 2 aromatic rings. The Morgan fingerprint density at radius 1 is 1.35 bits per heavy atom. The molecule has 1 atom stereocenters. The standard InChI is InChI=1S/C13H18N4O2S/c1-10(15-7-6-13-16-8-9-17-13)11-2-4-12(5-3-11)20(14,18)19/h2-5,8-10,15H,6-7H2,1H3,(H,16,17)(H2,14,18,19). The molecule has 0 saturated carbocycles. The maximum atomic E-state index is 11.2. The second-order valence-electron chi connectivity index (χ2n) is 4.58. The molecule has 2 rings (SSSR count). The van der Waals surface area contributed by atoms with Crippen LogP contribution < -0.4 is 10.5 Å². The van der Waals surface area contributed by atoms with Gasteiger partial charge in [-0.2, -0.15) is 0 Å². The van der Waals surface area contributed by atoms with Gasteiger partial charge in [0.1, 0.15) is 5.82 Å². The van der Waals surface area contributed by atoms with E-state index in [1.165, 1.54) is 12.1 Å². The summed E-state index contributed by atoms with van der Waals surface area (Å²) in [6, 6.07) is 6.71. The fraction of sp³-hybridized carbons (Fsp3) is 0.308. The number of sulfonamides is 1. The molecule has 4 N–H and O–H groups in total. The van der Waals surface area contributed by atoms with Crippen LogP contribution in [0.4, 0.5) is 0 Å². The Bertz CT molecular complexity index is 636. The van der Waals surface area contributed by atoms with Gasteiger partial charge in [-0.05, 0) is 24.6 Å². The molecule has 0 saturated heterocycles. The van der Waals surface area contributed by atoms with E-state index in [1.54, 1.807) is 24.5 Å². The van der Waals surface area contributed by atoms with Crippen LogP contribution in [0.2, 0.25) is 0 Å². The first-order valence-corrected chi connectivity index (χ1v) is 7.86. The largest absolute Gasteiger partial charge is 0.349 e. The van der Waals surface area contributed by atoms with Gasteiger partial charge in [-0.15, -0.1) is 0 Å². The van der Waals surface area contributed by atoms with E-state index in [0.29, 0.717) is 0 Å². The van der Waals surface area contributed by atoms with Crippen LogP contribution >= 0.6 is 0 Å². The normalized spacial score (nSPS) is 13.3. The molecule has 1 heterocycles. The number of aromatic amines is 1. The zero-order chi connectivity index (χ0) is 14.6. The van der Waals surface area contributed by atoms with Gasteiger partial charge in [0, 0.05) is 31.4 Å². The molecule has 0 aliphatic heterocycles. The van der Waals surface area contributed by atoms with E-state index >= 15 is 0 Å². The number of hydrogen-bond acceptors (Lipinski definition) is 4. The van der Waals surface area contributed by atoms with Gasteiger partial charge in [0.15, 0.2) is 0 Å². The van der Waals surface area contributed by atoms with Crippen LogP contribution in [0.3, 0.4) is 0 Å². The first kappa shape index (κ1) is 14.7. The van der Waals surface area contributed by atoms with Crippen LogP contribution in [0.1, 0.15) is 24.4 Å². The van der Waals surface area contributed by atoms with E-state index in [0.717, 1.165) is 24.4 Å². The Hall–Kier alpha value is -1.70. The Kier molecular flexibility index (Phi) is 4.53. The predicted octanol–water partition coefficient (Wildman–Crippen LogP) is 0.950. The molecule has 1 aromatic carbocycles. The van der Waals surface area contributed by atoms with Crippen molar-refractivity contribution in [2.45, 2.75) is 24.3 Å². The minimum atomic E-state index is -3.62. The molecule has 20 heavy (non-hydrogen) atoms. The molecule has 0 spiro atoms. The number of nitrogens with zero attached hydrogens (tertiary/aromatic N) is 1. The van der Waals surface area contributed by atoms with Crippen molar-refractivity contribution in [3.05, 3.63) is 48.0 Å². The maximum absolute atomic E-state index is 11.2. The van der Waals surface area contributed by atoms with E-state index in [9.17, 15) is 8.42 Å². The molecular formula is C13H18N4O2S. The van der Waals surface area contributed by atoms with Crippen LogP contribution in [-0.2, 0) is 16.4 Å². The van der Waals surface area contributed by atoms with Crippen molar-refractivity contribution in [3.63, 3.8) is 0 Å². The third-order valence-corrected chi connectivity index (χ3v) is 4.01. The second-order valence-corrected chi connectivity index (χ2v) is 6.14. The van der Waals surface area contributed by atoms with Gasteiger partial charge in [0.2, 0.25) is 10.0 Å². The van der Waals surface area contributed by atoms with Crippen molar-refractivity contribution >= 4 is 10.0 Å². The van der Waals surface area contributed by atoms with Crippen LogP contribution in [0.25, 0.3) is 0 Å². The molecule has 1 unspecified atom stereocenters. The zero-order valence-electron chi connectivity index (χ0n) is 11.2. The molecule has 0 bridgehead atoms. The van der Waals surface area contributed by atoms with E-state index in [-0.39, 0.29) is 10.9 Å². The van der Waals surface area contributed by atoms with Crippen molar-refractivity contribution in [1.82, 2.24) is 15.3 Å². The van der Waals surface area contributed by atoms with Crippen molar-refractivity contribution < 1.29 is 8.42 Å². The molecule has 6 nitrogen and oxygen atoms in total. The lowest BCUT2D eigenvalue weighted by Crippen LogP contribution is -2.22. The number of nitrogens with one attached hydrogen (secondary N) is 2. The molecule has 0 fully saturated rings. The predicted molar refractivity (Wildman–Crippen MR) is 76.5 cm³/mol. The Labute approximate surface area is 118 Å². The average molecular weight is 294 g/mol. The van der Waals surface area contributed by atoms with Gasteiger partial charge < -0.3 is 10.3 Å². The summed E-state index contributed by atoms with van der Waals surface area (Å²) in [5.41, 5.74) is 1.01. The molecule has 1 aromatic heterocycles. The van der Waals surface area contributed by atoms with Crippen molar-refractivity contribution in [2.75, 3.05) is 6.54 Å². The van der Waals surface area contributed by atoms with Crippen molar-refractivity contribution in [1.29, 1.82) is 0 Å². The average Bonchev–Trinajstić information content (AvgIpc) is 2.91. The lowest BCUT2D eigenvalue weighted by Gasteiger charge is -2.14. The molecule has 7 heteroatoms. The highest BCUT2D eigenvalue weighted by atomic mass is 32.2. The summed E-state index contributed by atoms with van der Waals surface area (Å²) in [4.78, 5) is 7.32. The van der Waals surface area contributed by atoms with Gasteiger partial charge in [0.05, 0.1) is 4.90 Å². The van der Waals surface area contributed by atoms with Crippen molar-refractivity contribution in [2.24, 2.45) is 5.14 Å². The topological polar surface area (TPSA) is 101 Å². The first-order chi connectivity index (χ1) is 9.47. The number of H-pyrrole nitrogens is 1. The van der Waals surface area contributed by atoms with Crippen LogP contribution in [0, 0.1) is 0 Å². The number of imidazole rings is 1. The summed E-state index contributed by atoms with van der Waals surface area (Å²) < 4.78 is 22.3. The Morgan fingerprint density at radius 3 is 2.60 bits per heavy atom. The maximum Gasteiger partial charge on any atom is 0.238 e. The fourth-order valence-electron chi connectivity index (χ4n) is 1.91. The first-order valence-electron chi connectivity index (χ1n) is 6.31. The zero-order valence-corrected chi connectivity index (χ0v) is 12.0. The summed E-state index contributed by atoms with van der Waals surface area (Å²) in [6.45, 7) is 2.81. The van der Waals surface area contributed by atoms with Gasteiger partial charge in [0.25, 0.3) is 0 Å². The van der Waals surface area contributed by atoms with E-state index < -0.39 is 10.0 Å². The molecule has 0 radical (unpaired) electrons. The van der Waals surface area contributed by atoms with Gasteiger partial charge in [-0.3, -0.25) is 0 Å². The quantitative estimate of drug-likeness (QED) is 0.738. The van der Waals surface area contributed by atoms with Gasteiger partial charge >= 0.3 is 0 Å². The highest BCUT2D eigenvalue weighted by molar-refractivity contribution is 7.89. The number of aromatic nitrogens is 2. The molecule has 0 aliphatic rings. The summed E-state index contributed by atoms with van der Waals surface area (Å²) in [5, 5.41) is 8.42. The van der Waals surface area contributed by atoms with E-state index in [2.05, 4.69) is 15.3 Å². The number of rotatable bonds is 6. The number of primary sulfonamides is 1. The summed E-state index contributed by atoms with van der Waals surface area (Å²) >= 11 is 0. The van der Waals surface area contributed by atoms with Gasteiger partial charge in [-0.25, -0.2) is 18.5 Å². The monoisotopic (exact) mass is 294 g/mol. The lowest BCUT2D eigenvalue weighted by atomic mass is 10.1. The fourth-order valence-corrected chi connectivity index (χ4v) is 2.42. The van der Waals surface area contributed by atoms with Crippen LogP contribution in [-0.4, -0.2) is 24.9 Å². The highest BCUT2D eigenvalue weighted by Crippen LogP contribution is 2.15. The molecule has 0 aliphatic carbocycles. The smallest absolute Gasteiger partial charge is 0.238 e. The minimum absolute atomic E-state index is 0.125. The Morgan fingerprint density at radius 2 is 2.05 bits per heavy atom. The summed E-state index contributed by atoms with van der Waals surface area (Å²) in [7, 11) is -3.62. The molecule has 108 valence electrons. The van der Waals surface area contributed by atoms with E-state index in [1.807, 2.05) is 6.92 Å². The second kappa shape index (κ2) is 6.17. The lowest BCUT2D eigenvalue weighted by molar-refractivity contribution is 0.570. The van der Waals surface area contributed by atoms with E-state index in [4.69, 9.17) is 5.14 Å². The van der Waals surface area contributed by atoms with Crippen LogP contribution in [0.15, 0.2) is 41.6 Å². The third kappa shape index (κ3) is 3.89. The summed E-state index contributed by atoms with van der Waals surface area (Å²) in [5.74, 6) is 0.939. The third-order valence-electron chi connectivity index (χ3n) is 3.08. The minimum Gasteiger partial charge on any atom is -0.349 e. The Balaban J connectivity index is 1.90.